The molecule has 28 heavy (non-hydrogen) atoms. The van der Waals surface area contributed by atoms with Crippen molar-refractivity contribution in [2.24, 2.45) is 10.7 Å². The molecule has 0 saturated heterocycles. The van der Waals surface area contributed by atoms with Gasteiger partial charge in [-0.05, 0) is 41.8 Å². The van der Waals surface area contributed by atoms with E-state index in [1.54, 1.807) is 14.2 Å². The summed E-state index contributed by atoms with van der Waals surface area (Å²) >= 11 is 3.41. The largest absolute Gasteiger partial charge is 0.493 e. The number of nitrogens with zero attached hydrogens (tertiary/aromatic N) is 1. The van der Waals surface area contributed by atoms with Gasteiger partial charge < -0.3 is 25.6 Å². The number of nitrogens with one attached hydrogen (secondary N) is 1. The molecule has 4 N–H and O–H groups in total. The number of nitrogens with two attached hydrogens (primary N) is 1. The Morgan fingerprint density at radius 2 is 1.79 bits per heavy atom. The van der Waals surface area contributed by atoms with E-state index in [9.17, 15) is 5.11 Å². The smallest absolute Gasteiger partial charge is 0.189 e. The predicted octanol–water partition coefficient (Wildman–Crippen LogP) is 3.79. The van der Waals surface area contributed by atoms with E-state index in [2.05, 4.69) is 26.2 Å². The van der Waals surface area contributed by atoms with E-state index >= 15 is 0 Å². The van der Waals surface area contributed by atoms with E-state index in [1.165, 1.54) is 0 Å². The lowest BCUT2D eigenvalue weighted by atomic mass is 9.91. The second kappa shape index (κ2) is 11.5. The number of rotatable bonds is 8. The summed E-state index contributed by atoms with van der Waals surface area (Å²) < 4.78 is 11.5. The molecule has 154 valence electrons. The van der Waals surface area contributed by atoms with Gasteiger partial charge in [0.2, 0.25) is 0 Å². The molecule has 0 fully saturated rings. The molecule has 0 amide bonds. The van der Waals surface area contributed by atoms with Crippen LogP contribution in [0.3, 0.4) is 0 Å². The van der Waals surface area contributed by atoms with Crippen LogP contribution in [0.2, 0.25) is 0 Å². The van der Waals surface area contributed by atoms with Crippen molar-refractivity contribution in [3.05, 3.63) is 58.1 Å². The molecular formula is C20H27BrIN3O3. The first-order chi connectivity index (χ1) is 12.9. The Morgan fingerprint density at radius 1 is 1.14 bits per heavy atom. The maximum absolute atomic E-state index is 10.9. The third-order valence-corrected chi connectivity index (χ3v) is 4.94. The normalized spacial score (nSPS) is 13.2. The molecule has 0 spiro atoms. The maximum Gasteiger partial charge on any atom is 0.189 e. The average Bonchev–Trinajstić information content (AvgIpc) is 2.70. The van der Waals surface area contributed by atoms with E-state index in [0.29, 0.717) is 24.5 Å². The summed E-state index contributed by atoms with van der Waals surface area (Å²) in [6, 6.07) is 13.2. The van der Waals surface area contributed by atoms with Crippen LogP contribution >= 0.6 is 39.9 Å². The summed E-state index contributed by atoms with van der Waals surface area (Å²) in [7, 11) is 3.19. The van der Waals surface area contributed by atoms with Crippen molar-refractivity contribution in [1.82, 2.24) is 5.32 Å². The fourth-order valence-corrected chi connectivity index (χ4v) is 2.90. The Labute approximate surface area is 191 Å². The maximum atomic E-state index is 10.9. The molecule has 2 rings (SSSR count). The first-order valence-corrected chi connectivity index (χ1v) is 9.44. The van der Waals surface area contributed by atoms with Gasteiger partial charge in [0.1, 0.15) is 5.60 Å². The molecule has 0 aliphatic carbocycles. The second-order valence-electron chi connectivity index (χ2n) is 6.14. The standard InChI is InChI=1S/C20H26BrN3O3.HI/c1-4-20(25,15-6-8-16(21)9-7-15)13-24-19(22)23-12-14-5-10-17(26-2)18(11-14)27-3;/h5-11,25H,4,12-13H2,1-3H3,(H3,22,23,24);1H. The van der Waals surface area contributed by atoms with E-state index in [4.69, 9.17) is 15.2 Å². The van der Waals surface area contributed by atoms with Crippen LogP contribution in [0.25, 0.3) is 0 Å². The Balaban J connectivity index is 0.00000392. The quantitative estimate of drug-likeness (QED) is 0.258. The number of hydrogen-bond donors (Lipinski definition) is 3. The van der Waals surface area contributed by atoms with Gasteiger partial charge in [0.15, 0.2) is 17.5 Å². The predicted molar refractivity (Wildman–Crippen MR) is 127 cm³/mol. The molecule has 8 heteroatoms. The first-order valence-electron chi connectivity index (χ1n) is 8.65. The Kier molecular flexibility index (Phi) is 10.0. The number of aliphatic imine (C=N–C) groups is 1. The van der Waals surface area contributed by atoms with Crippen molar-refractivity contribution in [1.29, 1.82) is 0 Å². The highest BCUT2D eigenvalue weighted by atomic mass is 127. The molecule has 0 bridgehead atoms. The Bertz CT molecular complexity index is 787. The van der Waals surface area contributed by atoms with E-state index in [-0.39, 0.29) is 36.5 Å². The fraction of sp³-hybridized carbons (Fsp3) is 0.350. The SMILES string of the molecule is CCC(O)(CNC(N)=NCc1ccc(OC)c(OC)c1)c1ccc(Br)cc1.I. The van der Waals surface area contributed by atoms with Crippen molar-refractivity contribution in [3.63, 3.8) is 0 Å². The molecule has 2 aromatic carbocycles. The van der Waals surface area contributed by atoms with Gasteiger partial charge in [-0.15, -0.1) is 24.0 Å². The van der Waals surface area contributed by atoms with Crippen molar-refractivity contribution in [2.45, 2.75) is 25.5 Å². The Hall–Kier alpha value is -1.52. The number of guanidine groups is 1. The van der Waals surface area contributed by atoms with Gasteiger partial charge in [-0.2, -0.15) is 0 Å². The lowest BCUT2D eigenvalue weighted by Gasteiger charge is -2.28. The minimum absolute atomic E-state index is 0. The van der Waals surface area contributed by atoms with Gasteiger partial charge >= 0.3 is 0 Å². The van der Waals surface area contributed by atoms with Gasteiger partial charge in [0, 0.05) is 4.47 Å². The molecule has 0 aliphatic rings. The fourth-order valence-electron chi connectivity index (χ4n) is 2.64. The molecule has 6 nitrogen and oxygen atoms in total. The summed E-state index contributed by atoms with van der Waals surface area (Å²) in [5.74, 6) is 1.58. The molecule has 0 aliphatic heterocycles. The molecule has 0 heterocycles. The highest BCUT2D eigenvalue weighted by molar-refractivity contribution is 14.0. The highest BCUT2D eigenvalue weighted by Gasteiger charge is 2.27. The van der Waals surface area contributed by atoms with Crippen molar-refractivity contribution in [2.75, 3.05) is 20.8 Å². The summed E-state index contributed by atoms with van der Waals surface area (Å²) in [6.45, 7) is 2.59. The van der Waals surface area contributed by atoms with Crippen molar-refractivity contribution in [3.8, 4) is 11.5 Å². The molecule has 0 radical (unpaired) electrons. The summed E-state index contributed by atoms with van der Waals surface area (Å²) in [5.41, 5.74) is 6.72. The van der Waals surface area contributed by atoms with Crippen molar-refractivity contribution < 1.29 is 14.6 Å². The van der Waals surface area contributed by atoms with E-state index < -0.39 is 5.60 Å². The summed E-state index contributed by atoms with van der Waals surface area (Å²) in [6.07, 6.45) is 0.546. The third kappa shape index (κ3) is 6.52. The van der Waals surface area contributed by atoms with Gasteiger partial charge in [-0.1, -0.05) is 41.1 Å². The Morgan fingerprint density at radius 3 is 2.36 bits per heavy atom. The van der Waals surface area contributed by atoms with E-state index in [1.807, 2.05) is 49.4 Å². The third-order valence-electron chi connectivity index (χ3n) is 4.41. The molecule has 2 aromatic rings. The monoisotopic (exact) mass is 563 g/mol. The molecular weight excluding hydrogens is 537 g/mol. The topological polar surface area (TPSA) is 89.1 Å². The van der Waals surface area contributed by atoms with Gasteiger partial charge in [0.05, 0.1) is 27.3 Å². The second-order valence-corrected chi connectivity index (χ2v) is 7.05. The minimum atomic E-state index is -1.02. The number of hydrogen-bond acceptors (Lipinski definition) is 4. The summed E-state index contributed by atoms with van der Waals surface area (Å²) in [4.78, 5) is 4.34. The van der Waals surface area contributed by atoms with E-state index in [0.717, 1.165) is 15.6 Å². The summed E-state index contributed by atoms with van der Waals surface area (Å²) in [5, 5.41) is 13.9. The zero-order chi connectivity index (χ0) is 19.9. The van der Waals surface area contributed by atoms with Crippen molar-refractivity contribution >= 4 is 45.9 Å². The van der Waals surface area contributed by atoms with Gasteiger partial charge in [-0.25, -0.2) is 4.99 Å². The number of halogens is 2. The van der Waals surface area contributed by atoms with Crippen LogP contribution in [0.1, 0.15) is 24.5 Å². The van der Waals surface area contributed by atoms with Crippen LogP contribution in [-0.2, 0) is 12.1 Å². The van der Waals surface area contributed by atoms with Crippen LogP contribution in [0, 0.1) is 0 Å². The van der Waals surface area contributed by atoms with Crippen LogP contribution in [-0.4, -0.2) is 31.8 Å². The zero-order valence-corrected chi connectivity index (χ0v) is 20.2. The highest BCUT2D eigenvalue weighted by Crippen LogP contribution is 2.28. The number of benzene rings is 2. The van der Waals surface area contributed by atoms with Gasteiger partial charge in [-0.3, -0.25) is 0 Å². The molecule has 0 saturated carbocycles. The van der Waals surface area contributed by atoms with Crippen LogP contribution in [0.5, 0.6) is 11.5 Å². The van der Waals surface area contributed by atoms with Gasteiger partial charge in [0.25, 0.3) is 0 Å². The van der Waals surface area contributed by atoms with Crippen LogP contribution in [0.15, 0.2) is 51.9 Å². The first kappa shape index (κ1) is 24.5. The average molecular weight is 564 g/mol. The minimum Gasteiger partial charge on any atom is -0.493 e. The van der Waals surface area contributed by atoms with Crippen LogP contribution < -0.4 is 20.5 Å². The molecule has 1 unspecified atom stereocenters. The number of methoxy groups -OCH3 is 2. The lowest BCUT2D eigenvalue weighted by molar-refractivity contribution is 0.0371. The van der Waals surface area contributed by atoms with Crippen LogP contribution in [0.4, 0.5) is 0 Å². The molecule has 1 atom stereocenters. The molecule has 0 aromatic heterocycles. The number of ether oxygens (including phenoxy) is 2. The zero-order valence-electron chi connectivity index (χ0n) is 16.2. The number of aliphatic hydroxyl groups is 1. The lowest BCUT2D eigenvalue weighted by Crippen LogP contribution is -2.43.